The standard InChI is InChI=1S/C30H42N2O5S/c1-18(2)16-30(27(35)37-29(7,8)9)17-21(19(3)33)24(25-31-13-14-38-25)32(30)26(34)20-11-12-22(28(4,5)6)23(15-20)36-10/h11-15,18,21,24H,16-17H2,1-10H3/t21-,24+,30-/m0/s1. The minimum absolute atomic E-state index is 0.0540. The molecule has 0 bridgehead atoms. The van der Waals surface area contributed by atoms with E-state index >= 15 is 0 Å². The summed E-state index contributed by atoms with van der Waals surface area (Å²) in [7, 11) is 1.59. The van der Waals surface area contributed by atoms with Crippen LogP contribution in [0.25, 0.3) is 0 Å². The number of hydrogen-bond donors (Lipinski definition) is 0. The number of thiazole rings is 1. The summed E-state index contributed by atoms with van der Waals surface area (Å²) in [6, 6.07) is 4.74. The molecule has 0 saturated carbocycles. The molecule has 1 aliphatic heterocycles. The number of ether oxygens (including phenoxy) is 2. The Kier molecular flexibility index (Phi) is 8.47. The fraction of sp³-hybridized carbons (Fsp3) is 0.600. The Morgan fingerprint density at radius 1 is 1.16 bits per heavy atom. The van der Waals surface area contributed by atoms with Gasteiger partial charge in [0.15, 0.2) is 0 Å². The predicted octanol–water partition coefficient (Wildman–Crippen LogP) is 6.37. The average Bonchev–Trinajstić information content (AvgIpc) is 3.42. The van der Waals surface area contributed by atoms with Gasteiger partial charge in [-0.15, -0.1) is 11.3 Å². The van der Waals surface area contributed by atoms with Crippen molar-refractivity contribution in [1.82, 2.24) is 9.88 Å². The average molecular weight is 543 g/mol. The van der Waals surface area contributed by atoms with Crippen LogP contribution in [0.3, 0.4) is 0 Å². The number of benzene rings is 1. The highest BCUT2D eigenvalue weighted by atomic mass is 32.1. The molecule has 1 saturated heterocycles. The van der Waals surface area contributed by atoms with Gasteiger partial charge >= 0.3 is 5.97 Å². The summed E-state index contributed by atoms with van der Waals surface area (Å²) in [5.41, 5.74) is -0.935. The molecule has 2 heterocycles. The van der Waals surface area contributed by atoms with Gasteiger partial charge < -0.3 is 14.4 Å². The molecule has 38 heavy (non-hydrogen) atoms. The van der Waals surface area contributed by atoms with Crippen LogP contribution in [0.15, 0.2) is 29.8 Å². The molecule has 208 valence electrons. The van der Waals surface area contributed by atoms with Crippen molar-refractivity contribution in [2.24, 2.45) is 11.8 Å². The zero-order valence-corrected chi connectivity index (χ0v) is 25.2. The highest BCUT2D eigenvalue weighted by Gasteiger charge is 2.61. The van der Waals surface area contributed by atoms with Crippen LogP contribution in [0.1, 0.15) is 102 Å². The second-order valence-electron chi connectivity index (χ2n) is 12.7. The number of carbonyl (C=O) groups is 3. The summed E-state index contributed by atoms with van der Waals surface area (Å²) in [5, 5.41) is 2.46. The fourth-order valence-electron chi connectivity index (χ4n) is 5.45. The Morgan fingerprint density at radius 3 is 2.29 bits per heavy atom. The molecule has 1 aromatic carbocycles. The van der Waals surface area contributed by atoms with Crippen molar-refractivity contribution in [3.05, 3.63) is 45.9 Å². The highest BCUT2D eigenvalue weighted by Crippen LogP contribution is 2.52. The third-order valence-corrected chi connectivity index (χ3v) is 7.75. The van der Waals surface area contributed by atoms with E-state index in [0.29, 0.717) is 22.7 Å². The first-order valence-corrected chi connectivity index (χ1v) is 14.1. The molecule has 3 rings (SSSR count). The third kappa shape index (κ3) is 5.95. The van der Waals surface area contributed by atoms with Crippen molar-refractivity contribution in [2.75, 3.05) is 7.11 Å². The number of rotatable bonds is 7. The van der Waals surface area contributed by atoms with Gasteiger partial charge in [0.25, 0.3) is 5.91 Å². The summed E-state index contributed by atoms with van der Waals surface area (Å²) < 4.78 is 11.6. The number of likely N-dealkylation sites (tertiary alicyclic amines) is 1. The zero-order valence-electron chi connectivity index (χ0n) is 24.4. The van der Waals surface area contributed by atoms with E-state index in [1.807, 2.05) is 46.1 Å². The van der Waals surface area contributed by atoms with Crippen molar-refractivity contribution in [3.8, 4) is 5.75 Å². The van der Waals surface area contributed by atoms with Crippen LogP contribution >= 0.6 is 11.3 Å². The van der Waals surface area contributed by atoms with Crippen LogP contribution in [-0.4, -0.2) is 45.8 Å². The molecule has 8 heteroatoms. The van der Waals surface area contributed by atoms with Gasteiger partial charge in [-0.3, -0.25) is 9.59 Å². The van der Waals surface area contributed by atoms with E-state index in [2.05, 4.69) is 25.8 Å². The van der Waals surface area contributed by atoms with Gasteiger partial charge in [0, 0.05) is 23.1 Å². The van der Waals surface area contributed by atoms with E-state index in [9.17, 15) is 14.4 Å². The van der Waals surface area contributed by atoms with Crippen molar-refractivity contribution in [3.63, 3.8) is 0 Å². The molecule has 0 radical (unpaired) electrons. The van der Waals surface area contributed by atoms with Crippen LogP contribution in [0.5, 0.6) is 5.75 Å². The topological polar surface area (TPSA) is 85.8 Å². The van der Waals surface area contributed by atoms with Crippen LogP contribution < -0.4 is 4.74 Å². The molecule has 0 unspecified atom stereocenters. The Labute approximate surface area is 230 Å². The van der Waals surface area contributed by atoms with Crippen molar-refractivity contribution in [1.29, 1.82) is 0 Å². The molecule has 0 N–H and O–H groups in total. The molecular formula is C30H42N2O5S. The summed E-state index contributed by atoms with van der Waals surface area (Å²) in [4.78, 5) is 47.8. The molecule has 1 aromatic heterocycles. The highest BCUT2D eigenvalue weighted by molar-refractivity contribution is 7.09. The van der Waals surface area contributed by atoms with E-state index in [-0.39, 0.29) is 29.4 Å². The van der Waals surface area contributed by atoms with Gasteiger partial charge in [-0.1, -0.05) is 40.7 Å². The molecule has 1 fully saturated rings. The van der Waals surface area contributed by atoms with E-state index < -0.39 is 29.1 Å². The first-order valence-electron chi connectivity index (χ1n) is 13.2. The molecule has 3 atom stereocenters. The van der Waals surface area contributed by atoms with Crippen molar-refractivity contribution >= 4 is 29.0 Å². The minimum Gasteiger partial charge on any atom is -0.496 e. The van der Waals surface area contributed by atoms with Crippen molar-refractivity contribution < 1.29 is 23.9 Å². The number of nitrogens with zero attached hydrogens (tertiary/aromatic N) is 2. The Morgan fingerprint density at radius 2 is 1.82 bits per heavy atom. The maximum absolute atomic E-state index is 14.5. The number of ketones is 1. The molecule has 1 aliphatic rings. The minimum atomic E-state index is -1.33. The van der Waals surface area contributed by atoms with Crippen LogP contribution in [0.2, 0.25) is 0 Å². The van der Waals surface area contributed by atoms with Crippen LogP contribution in [-0.2, 0) is 19.7 Å². The summed E-state index contributed by atoms with van der Waals surface area (Å²) >= 11 is 1.38. The molecule has 1 amide bonds. The van der Waals surface area contributed by atoms with Gasteiger partial charge in [0.05, 0.1) is 13.2 Å². The normalized spacial score (nSPS) is 22.0. The van der Waals surface area contributed by atoms with Gasteiger partial charge in [0.2, 0.25) is 0 Å². The zero-order chi connectivity index (χ0) is 28.6. The quantitative estimate of drug-likeness (QED) is 0.378. The van der Waals surface area contributed by atoms with E-state index in [0.717, 1.165) is 5.56 Å². The molecule has 2 aromatic rings. The first-order chi connectivity index (χ1) is 17.5. The van der Waals surface area contributed by atoms with Gasteiger partial charge in [-0.05, 0) is 69.6 Å². The summed E-state index contributed by atoms with van der Waals surface area (Å²) in [6.45, 7) is 17.2. The molecular weight excluding hydrogens is 500 g/mol. The Bertz CT molecular complexity index is 1180. The van der Waals surface area contributed by atoms with Crippen LogP contribution in [0.4, 0.5) is 0 Å². The molecule has 7 nitrogen and oxygen atoms in total. The van der Waals surface area contributed by atoms with Crippen LogP contribution in [0, 0.1) is 11.8 Å². The molecule has 0 spiro atoms. The number of aromatic nitrogens is 1. The van der Waals surface area contributed by atoms with Gasteiger partial charge in [-0.2, -0.15) is 0 Å². The largest absolute Gasteiger partial charge is 0.496 e. The van der Waals surface area contributed by atoms with E-state index in [4.69, 9.17) is 9.47 Å². The lowest BCUT2D eigenvalue weighted by molar-refractivity contribution is -0.168. The lowest BCUT2D eigenvalue weighted by Gasteiger charge is -2.41. The number of Topliss-reactive ketones (excluding diaryl/α,β-unsaturated/α-hetero) is 1. The third-order valence-electron chi connectivity index (χ3n) is 6.90. The number of methoxy groups -OCH3 is 1. The van der Waals surface area contributed by atoms with Crippen molar-refractivity contribution in [2.45, 2.75) is 97.8 Å². The first kappa shape index (κ1) is 29.8. The summed E-state index contributed by atoms with van der Waals surface area (Å²) in [6.07, 6.45) is 2.20. The van der Waals surface area contributed by atoms with E-state index in [1.54, 1.807) is 30.3 Å². The van der Waals surface area contributed by atoms with Gasteiger partial charge in [-0.25, -0.2) is 9.78 Å². The SMILES string of the molecule is COc1cc(C(=O)N2[C@@H](c3nccs3)[C@H](C(C)=O)C[C@@]2(CC(C)C)C(=O)OC(C)(C)C)ccc1C(C)(C)C. The maximum atomic E-state index is 14.5. The predicted molar refractivity (Wildman–Crippen MR) is 150 cm³/mol. The maximum Gasteiger partial charge on any atom is 0.332 e. The lowest BCUT2D eigenvalue weighted by Crippen LogP contribution is -2.56. The Hall–Kier alpha value is -2.74. The molecule has 0 aliphatic carbocycles. The lowest BCUT2D eigenvalue weighted by atomic mass is 9.82. The second-order valence-corrected chi connectivity index (χ2v) is 13.6. The second kappa shape index (κ2) is 10.8. The number of amides is 1. The number of esters is 1. The smallest absolute Gasteiger partial charge is 0.332 e. The fourth-order valence-corrected chi connectivity index (χ4v) is 6.24. The summed E-state index contributed by atoms with van der Waals surface area (Å²) in [5.74, 6) is -0.860. The number of hydrogen-bond acceptors (Lipinski definition) is 7. The van der Waals surface area contributed by atoms with Gasteiger partial charge in [0.1, 0.15) is 27.7 Å². The monoisotopic (exact) mass is 542 g/mol. The Balaban J connectivity index is 2.28. The number of carbonyl (C=O) groups excluding carboxylic acids is 3. The van der Waals surface area contributed by atoms with E-state index in [1.165, 1.54) is 18.3 Å².